The lowest BCUT2D eigenvalue weighted by Gasteiger charge is -2.23. The Morgan fingerprint density at radius 3 is 2.56 bits per heavy atom. The average molecular weight is 337 g/mol. The number of furan rings is 1. The van der Waals surface area contributed by atoms with Crippen molar-refractivity contribution in [3.8, 4) is 11.3 Å². The quantitative estimate of drug-likeness (QED) is 0.834. The van der Waals surface area contributed by atoms with E-state index < -0.39 is 17.8 Å². The van der Waals surface area contributed by atoms with Crippen LogP contribution in [0.2, 0.25) is 0 Å². The molecule has 2 aliphatic carbocycles. The van der Waals surface area contributed by atoms with Crippen LogP contribution in [-0.2, 0) is 9.59 Å². The molecular formula is C20H19NO4. The Balaban J connectivity index is 1.55. The molecule has 25 heavy (non-hydrogen) atoms. The van der Waals surface area contributed by atoms with Crippen molar-refractivity contribution in [2.45, 2.75) is 13.3 Å². The van der Waals surface area contributed by atoms with Crippen LogP contribution in [0, 0.1) is 30.6 Å². The Morgan fingerprint density at radius 2 is 1.88 bits per heavy atom. The summed E-state index contributed by atoms with van der Waals surface area (Å²) in [5, 5.41) is 12.4. The van der Waals surface area contributed by atoms with Crippen LogP contribution >= 0.6 is 0 Å². The summed E-state index contributed by atoms with van der Waals surface area (Å²) in [4.78, 5) is 24.3. The number of hydrogen-bond donors (Lipinski definition) is 2. The predicted octanol–water partition coefficient (Wildman–Crippen LogP) is 3.72. The summed E-state index contributed by atoms with van der Waals surface area (Å²) in [6.45, 7) is 1.88. The lowest BCUT2D eigenvalue weighted by molar-refractivity contribution is -0.146. The van der Waals surface area contributed by atoms with E-state index in [4.69, 9.17) is 4.42 Å². The number of benzene rings is 1. The van der Waals surface area contributed by atoms with Gasteiger partial charge in [-0.1, -0.05) is 24.3 Å². The van der Waals surface area contributed by atoms with Crippen LogP contribution in [0.1, 0.15) is 12.2 Å². The number of nitrogens with one attached hydrogen (secondary N) is 1. The van der Waals surface area contributed by atoms with E-state index in [9.17, 15) is 14.7 Å². The van der Waals surface area contributed by atoms with Crippen molar-refractivity contribution in [1.29, 1.82) is 0 Å². The number of hydrogen-bond acceptors (Lipinski definition) is 3. The molecule has 4 rings (SSSR count). The molecule has 2 aliphatic rings. The minimum absolute atomic E-state index is 0.0157. The molecule has 2 N–H and O–H groups in total. The second-order valence-corrected chi connectivity index (χ2v) is 6.82. The fourth-order valence-corrected chi connectivity index (χ4v) is 4.08. The normalized spacial score (nSPS) is 26.8. The standard InChI is InChI=1S/C20H19NO4/c1-11-5-8-16(25-11)12-3-2-4-15(10-12)21-19(22)17-13-6-7-14(9-13)18(17)20(23)24/h2-8,10,13-14,17-18H,9H2,1H3,(H,21,22)(H,23,24)/t13-,14-,17+,18+/m0/s1. The van der Waals surface area contributed by atoms with Crippen LogP contribution < -0.4 is 5.32 Å². The van der Waals surface area contributed by atoms with Crippen LogP contribution in [0.15, 0.2) is 53.0 Å². The smallest absolute Gasteiger partial charge is 0.307 e. The number of amides is 1. The molecular weight excluding hydrogens is 318 g/mol. The maximum absolute atomic E-state index is 12.7. The van der Waals surface area contributed by atoms with E-state index in [0.29, 0.717) is 5.69 Å². The second kappa shape index (κ2) is 5.92. The zero-order chi connectivity index (χ0) is 17.6. The van der Waals surface area contributed by atoms with Gasteiger partial charge in [0.1, 0.15) is 11.5 Å². The Kier molecular flexibility index (Phi) is 3.71. The Hall–Kier alpha value is -2.82. The van der Waals surface area contributed by atoms with Crippen molar-refractivity contribution in [2.75, 3.05) is 5.32 Å². The third-order valence-electron chi connectivity index (χ3n) is 5.20. The molecule has 0 radical (unpaired) electrons. The van der Waals surface area contributed by atoms with Crippen molar-refractivity contribution in [1.82, 2.24) is 0 Å². The van der Waals surface area contributed by atoms with Crippen LogP contribution in [0.4, 0.5) is 5.69 Å². The summed E-state index contributed by atoms with van der Waals surface area (Å²) in [7, 11) is 0. The fourth-order valence-electron chi connectivity index (χ4n) is 4.08. The van der Waals surface area contributed by atoms with Gasteiger partial charge in [0.15, 0.2) is 0 Å². The van der Waals surface area contributed by atoms with Gasteiger partial charge in [-0.15, -0.1) is 0 Å². The molecule has 0 spiro atoms. The summed E-state index contributed by atoms with van der Waals surface area (Å²) in [5.74, 6) is -0.721. The molecule has 1 aromatic carbocycles. The highest BCUT2D eigenvalue weighted by Crippen LogP contribution is 2.48. The minimum Gasteiger partial charge on any atom is -0.481 e. The van der Waals surface area contributed by atoms with Crippen molar-refractivity contribution in [2.24, 2.45) is 23.7 Å². The topological polar surface area (TPSA) is 79.5 Å². The van der Waals surface area contributed by atoms with Gasteiger partial charge in [-0.25, -0.2) is 0 Å². The average Bonchev–Trinajstić information content (AvgIpc) is 3.30. The number of aryl methyl sites for hydroxylation is 1. The molecule has 0 aliphatic heterocycles. The summed E-state index contributed by atoms with van der Waals surface area (Å²) < 4.78 is 5.62. The van der Waals surface area contributed by atoms with E-state index in [1.807, 2.05) is 49.4 Å². The molecule has 5 heteroatoms. The summed E-state index contributed by atoms with van der Waals surface area (Å²) in [5.41, 5.74) is 1.51. The van der Waals surface area contributed by atoms with E-state index in [2.05, 4.69) is 5.32 Å². The number of aliphatic carboxylic acids is 1. The molecule has 2 aromatic rings. The number of allylic oxidation sites excluding steroid dienone is 2. The molecule has 1 saturated carbocycles. The molecule has 1 aromatic heterocycles. The molecule has 2 bridgehead atoms. The van der Waals surface area contributed by atoms with Crippen LogP contribution in [0.25, 0.3) is 11.3 Å². The first-order valence-electron chi connectivity index (χ1n) is 8.42. The van der Waals surface area contributed by atoms with Crippen LogP contribution in [0.5, 0.6) is 0 Å². The molecule has 1 heterocycles. The number of rotatable bonds is 4. The molecule has 1 fully saturated rings. The zero-order valence-electron chi connectivity index (χ0n) is 13.8. The largest absolute Gasteiger partial charge is 0.481 e. The number of anilines is 1. The SMILES string of the molecule is Cc1ccc(-c2cccc(NC(=O)[C@H]3[C@H](C(=O)O)[C@H]4C=C[C@H]3C4)c2)o1. The Morgan fingerprint density at radius 1 is 1.12 bits per heavy atom. The minimum atomic E-state index is -0.892. The van der Waals surface area contributed by atoms with E-state index in [-0.39, 0.29) is 17.7 Å². The van der Waals surface area contributed by atoms with Gasteiger partial charge in [0.05, 0.1) is 11.8 Å². The van der Waals surface area contributed by atoms with Crippen molar-refractivity contribution >= 4 is 17.6 Å². The third-order valence-corrected chi connectivity index (χ3v) is 5.20. The van der Waals surface area contributed by atoms with Crippen molar-refractivity contribution in [3.05, 3.63) is 54.3 Å². The monoisotopic (exact) mass is 337 g/mol. The highest BCUT2D eigenvalue weighted by molar-refractivity contribution is 5.96. The van der Waals surface area contributed by atoms with E-state index in [1.54, 1.807) is 6.07 Å². The molecule has 0 unspecified atom stereocenters. The predicted molar refractivity (Wildman–Crippen MR) is 92.9 cm³/mol. The van der Waals surface area contributed by atoms with E-state index >= 15 is 0 Å². The van der Waals surface area contributed by atoms with Gasteiger partial charge in [0, 0.05) is 11.3 Å². The van der Waals surface area contributed by atoms with E-state index in [1.165, 1.54) is 0 Å². The van der Waals surface area contributed by atoms with Gasteiger partial charge < -0.3 is 14.8 Å². The van der Waals surface area contributed by atoms with E-state index in [0.717, 1.165) is 23.5 Å². The number of carbonyl (C=O) groups excluding carboxylic acids is 1. The number of fused-ring (bicyclic) bond motifs is 2. The highest BCUT2D eigenvalue weighted by atomic mass is 16.4. The lowest BCUT2D eigenvalue weighted by atomic mass is 9.82. The van der Waals surface area contributed by atoms with Gasteiger partial charge >= 0.3 is 5.97 Å². The maximum Gasteiger partial charge on any atom is 0.307 e. The Bertz CT molecular complexity index is 866. The maximum atomic E-state index is 12.7. The second-order valence-electron chi connectivity index (χ2n) is 6.82. The van der Waals surface area contributed by atoms with Gasteiger partial charge in [0.2, 0.25) is 5.91 Å². The van der Waals surface area contributed by atoms with Crippen molar-refractivity contribution in [3.63, 3.8) is 0 Å². The fraction of sp³-hybridized carbons (Fsp3) is 0.300. The van der Waals surface area contributed by atoms with Gasteiger partial charge in [-0.2, -0.15) is 0 Å². The van der Waals surface area contributed by atoms with Gasteiger partial charge in [-0.3, -0.25) is 9.59 Å². The Labute approximate surface area is 145 Å². The third kappa shape index (κ3) is 2.76. The lowest BCUT2D eigenvalue weighted by Crippen LogP contribution is -2.36. The summed E-state index contributed by atoms with van der Waals surface area (Å²) >= 11 is 0. The first-order valence-corrected chi connectivity index (χ1v) is 8.42. The van der Waals surface area contributed by atoms with Crippen LogP contribution in [-0.4, -0.2) is 17.0 Å². The zero-order valence-corrected chi connectivity index (χ0v) is 13.8. The number of carboxylic acids is 1. The molecule has 4 atom stereocenters. The first kappa shape index (κ1) is 15.7. The molecule has 5 nitrogen and oxygen atoms in total. The molecule has 1 amide bonds. The number of carbonyl (C=O) groups is 2. The highest BCUT2D eigenvalue weighted by Gasteiger charge is 2.51. The summed E-state index contributed by atoms with van der Waals surface area (Å²) in [6, 6.07) is 11.2. The molecule has 0 saturated heterocycles. The molecule has 128 valence electrons. The summed E-state index contributed by atoms with van der Waals surface area (Å²) in [6.07, 6.45) is 4.67. The first-order chi connectivity index (χ1) is 12.0. The van der Waals surface area contributed by atoms with Crippen LogP contribution in [0.3, 0.4) is 0 Å². The van der Waals surface area contributed by atoms with Gasteiger partial charge in [0.25, 0.3) is 0 Å². The van der Waals surface area contributed by atoms with Crippen molar-refractivity contribution < 1.29 is 19.1 Å². The number of carboxylic acid groups (broad SMARTS) is 1. The van der Waals surface area contributed by atoms with Gasteiger partial charge in [-0.05, 0) is 49.4 Å².